The van der Waals surface area contributed by atoms with Gasteiger partial charge in [-0.15, -0.1) is 5.10 Å². The van der Waals surface area contributed by atoms with Crippen molar-refractivity contribution in [2.24, 2.45) is 0 Å². The molecule has 0 bridgehead atoms. The van der Waals surface area contributed by atoms with Crippen molar-refractivity contribution >= 4 is 0 Å². The third-order valence-corrected chi connectivity index (χ3v) is 6.04. The number of nitrogens with zero attached hydrogens (tertiary/aromatic N) is 4. The van der Waals surface area contributed by atoms with Crippen molar-refractivity contribution in [3.05, 3.63) is 53.9 Å². The lowest BCUT2D eigenvalue weighted by atomic mass is 9.98. The molecule has 0 amide bonds. The van der Waals surface area contributed by atoms with Crippen LogP contribution in [0.5, 0.6) is 0 Å². The normalized spacial score (nSPS) is 21.8. The van der Waals surface area contributed by atoms with Crippen molar-refractivity contribution in [1.82, 2.24) is 20.2 Å². The molecule has 0 saturated carbocycles. The molecule has 1 aliphatic rings. The number of nitrogens with one attached hydrogen (secondary N) is 2. The Kier molecular flexibility index (Phi) is 6.07. The van der Waals surface area contributed by atoms with Gasteiger partial charge in [0.2, 0.25) is 5.82 Å². The van der Waals surface area contributed by atoms with E-state index in [9.17, 15) is 0 Å². The number of aryl methyl sites for hydroxylation is 1. The van der Waals surface area contributed by atoms with Crippen LogP contribution in [0.3, 0.4) is 0 Å². The zero-order valence-electron chi connectivity index (χ0n) is 17.2. The first kappa shape index (κ1) is 19.7. The molecular formula is C21H34N6+2. The third kappa shape index (κ3) is 4.28. The quantitative estimate of drug-likeness (QED) is 0.684. The van der Waals surface area contributed by atoms with Gasteiger partial charge in [-0.25, -0.2) is 4.68 Å². The molecule has 1 fully saturated rings. The summed E-state index contributed by atoms with van der Waals surface area (Å²) in [6.07, 6.45) is 3.01. The van der Waals surface area contributed by atoms with Crippen molar-refractivity contribution < 1.29 is 9.80 Å². The van der Waals surface area contributed by atoms with Crippen molar-refractivity contribution in [2.75, 3.05) is 32.7 Å². The maximum Gasteiger partial charge on any atom is 0.214 e. The van der Waals surface area contributed by atoms with Crippen molar-refractivity contribution in [2.45, 2.75) is 45.7 Å². The Balaban J connectivity index is 1.96. The number of piperazine rings is 1. The fourth-order valence-corrected chi connectivity index (χ4v) is 3.90. The summed E-state index contributed by atoms with van der Waals surface area (Å²) in [5.41, 5.74) is 2.48. The van der Waals surface area contributed by atoms with Crippen LogP contribution in [0.25, 0.3) is 0 Å². The van der Waals surface area contributed by atoms with Gasteiger partial charge in [0.05, 0.1) is 12.1 Å². The van der Waals surface area contributed by atoms with E-state index in [1.165, 1.54) is 11.1 Å². The number of aromatic nitrogens is 4. The summed E-state index contributed by atoms with van der Waals surface area (Å²) in [5, 5.41) is 13.0. The van der Waals surface area contributed by atoms with Gasteiger partial charge in [-0.2, -0.15) is 0 Å². The Labute approximate surface area is 162 Å². The molecule has 1 aromatic carbocycles. The predicted octanol–water partition coefficient (Wildman–Crippen LogP) is 0.185. The summed E-state index contributed by atoms with van der Waals surface area (Å²) < 4.78 is 2.05. The van der Waals surface area contributed by atoms with Crippen LogP contribution in [0.1, 0.15) is 50.2 Å². The summed E-state index contributed by atoms with van der Waals surface area (Å²) in [4.78, 5) is 3.17. The van der Waals surface area contributed by atoms with Crippen LogP contribution in [0.4, 0.5) is 0 Å². The second-order valence-electron chi connectivity index (χ2n) is 8.36. The van der Waals surface area contributed by atoms with E-state index in [0.717, 1.165) is 45.0 Å². The lowest BCUT2D eigenvalue weighted by Crippen LogP contribution is -3.28. The zero-order chi connectivity index (χ0) is 19.4. The van der Waals surface area contributed by atoms with Gasteiger partial charge < -0.3 is 9.80 Å². The Morgan fingerprint density at radius 3 is 2.44 bits per heavy atom. The topological polar surface area (TPSA) is 52.5 Å². The molecule has 0 unspecified atom stereocenters. The number of rotatable bonds is 7. The summed E-state index contributed by atoms with van der Waals surface area (Å²) in [6.45, 7) is 18.2. The maximum atomic E-state index is 4.52. The Hall–Kier alpha value is -2.05. The molecule has 146 valence electrons. The van der Waals surface area contributed by atoms with Crippen LogP contribution in [0, 0.1) is 6.92 Å². The third-order valence-electron chi connectivity index (χ3n) is 6.04. The summed E-state index contributed by atoms with van der Waals surface area (Å²) in [6, 6.07) is 9.04. The van der Waals surface area contributed by atoms with Gasteiger partial charge in [0.15, 0.2) is 6.04 Å². The largest absolute Gasteiger partial charge is 0.322 e. The molecule has 1 atom stereocenters. The smallest absolute Gasteiger partial charge is 0.214 e. The highest BCUT2D eigenvalue weighted by molar-refractivity contribution is 5.26. The van der Waals surface area contributed by atoms with Gasteiger partial charge in [-0.1, -0.05) is 43.3 Å². The molecule has 2 N–H and O–H groups in total. The fourth-order valence-electron chi connectivity index (χ4n) is 3.90. The van der Waals surface area contributed by atoms with E-state index in [1.54, 1.807) is 9.80 Å². The maximum absolute atomic E-state index is 4.52. The molecule has 1 aromatic heterocycles. The van der Waals surface area contributed by atoms with Gasteiger partial charge in [0.1, 0.15) is 26.2 Å². The van der Waals surface area contributed by atoms with Crippen LogP contribution in [0.2, 0.25) is 0 Å². The monoisotopic (exact) mass is 370 g/mol. The lowest BCUT2D eigenvalue weighted by Gasteiger charge is -2.35. The van der Waals surface area contributed by atoms with Crippen LogP contribution >= 0.6 is 0 Å². The lowest BCUT2D eigenvalue weighted by molar-refractivity contribution is -1.02. The van der Waals surface area contributed by atoms with E-state index < -0.39 is 0 Å². The molecule has 0 spiro atoms. The first-order valence-corrected chi connectivity index (χ1v) is 10.1. The minimum atomic E-state index is -0.100. The van der Waals surface area contributed by atoms with Gasteiger partial charge in [0.25, 0.3) is 0 Å². The molecule has 0 aliphatic carbocycles. The minimum absolute atomic E-state index is 0.100. The molecule has 2 aromatic rings. The van der Waals surface area contributed by atoms with Gasteiger partial charge in [0, 0.05) is 5.56 Å². The Morgan fingerprint density at radius 1 is 1.19 bits per heavy atom. The SMILES string of the molecule is C=CC[NH+]1CC[NH+]([C@@H](c2ccc(C)cc2)c2nnnn2C(C)(C)CC)CC1. The van der Waals surface area contributed by atoms with Crippen molar-refractivity contribution in [1.29, 1.82) is 0 Å². The van der Waals surface area contributed by atoms with Crippen molar-refractivity contribution in [3.8, 4) is 0 Å². The summed E-state index contributed by atoms with van der Waals surface area (Å²) in [7, 11) is 0. The molecule has 3 rings (SSSR count). The van der Waals surface area contributed by atoms with Crippen LogP contribution in [0.15, 0.2) is 36.9 Å². The molecule has 1 saturated heterocycles. The average molecular weight is 371 g/mol. The second-order valence-corrected chi connectivity index (χ2v) is 8.36. The summed E-state index contributed by atoms with van der Waals surface area (Å²) in [5.74, 6) is 0.980. The molecule has 6 nitrogen and oxygen atoms in total. The first-order chi connectivity index (χ1) is 13.0. The number of quaternary nitrogens is 2. The number of tetrazole rings is 1. The molecule has 2 heterocycles. The molecule has 0 radical (unpaired) electrons. The minimum Gasteiger partial charge on any atom is -0.322 e. The van der Waals surface area contributed by atoms with Crippen LogP contribution < -0.4 is 9.80 Å². The van der Waals surface area contributed by atoms with Crippen LogP contribution in [-0.2, 0) is 5.54 Å². The number of benzene rings is 1. The van der Waals surface area contributed by atoms with Crippen LogP contribution in [-0.4, -0.2) is 52.9 Å². The molecule has 1 aliphatic heterocycles. The Morgan fingerprint density at radius 2 is 1.85 bits per heavy atom. The number of hydrogen-bond donors (Lipinski definition) is 2. The highest BCUT2D eigenvalue weighted by Gasteiger charge is 2.37. The zero-order valence-corrected chi connectivity index (χ0v) is 17.2. The van der Waals surface area contributed by atoms with Gasteiger partial charge >= 0.3 is 0 Å². The van der Waals surface area contributed by atoms with E-state index in [-0.39, 0.29) is 11.6 Å². The Bertz CT molecular complexity index is 740. The summed E-state index contributed by atoms with van der Waals surface area (Å²) >= 11 is 0. The predicted molar refractivity (Wildman–Crippen MR) is 107 cm³/mol. The van der Waals surface area contributed by atoms with E-state index in [1.807, 2.05) is 10.8 Å². The van der Waals surface area contributed by atoms with Gasteiger partial charge in [-0.3, -0.25) is 0 Å². The van der Waals surface area contributed by atoms with E-state index in [2.05, 4.69) is 74.1 Å². The molecule has 27 heavy (non-hydrogen) atoms. The van der Waals surface area contributed by atoms with E-state index in [4.69, 9.17) is 0 Å². The van der Waals surface area contributed by atoms with E-state index in [0.29, 0.717) is 0 Å². The molecule has 6 heteroatoms. The second kappa shape index (κ2) is 8.31. The standard InChI is InChI=1S/C21H32N6/c1-6-12-25-13-15-26(16-14-25)19(18-10-8-17(3)9-11-18)20-22-23-24-27(20)21(4,5)7-2/h6,8-11,19H,1,7,12-16H2,2-5H3/p+2/t19-/m0/s1. The number of hydrogen-bond acceptors (Lipinski definition) is 3. The fraction of sp³-hybridized carbons (Fsp3) is 0.571. The average Bonchev–Trinajstić information content (AvgIpc) is 3.15. The highest BCUT2D eigenvalue weighted by Crippen LogP contribution is 2.24. The highest BCUT2D eigenvalue weighted by atomic mass is 15.6. The van der Waals surface area contributed by atoms with Crippen molar-refractivity contribution in [3.63, 3.8) is 0 Å². The molecular weight excluding hydrogens is 336 g/mol. The first-order valence-electron chi connectivity index (χ1n) is 10.1. The van der Waals surface area contributed by atoms with E-state index >= 15 is 0 Å². The van der Waals surface area contributed by atoms with Gasteiger partial charge in [-0.05, 0) is 43.7 Å².